The van der Waals surface area contributed by atoms with Gasteiger partial charge in [0.1, 0.15) is 0 Å². The lowest BCUT2D eigenvalue weighted by Gasteiger charge is -2.43. The monoisotopic (exact) mass is 339 g/mol. The normalized spacial score (nSPS) is 22.1. The number of nitrogens with zero attached hydrogens (tertiary/aromatic N) is 2. The molecule has 126 valence electrons. The van der Waals surface area contributed by atoms with Gasteiger partial charge in [0.25, 0.3) is 5.69 Å². The zero-order chi connectivity index (χ0) is 16.5. The summed E-state index contributed by atoms with van der Waals surface area (Å²) in [6, 6.07) is 5.57. The number of hydrogen-bond acceptors (Lipinski definition) is 5. The molecule has 0 aromatic heterocycles. The summed E-state index contributed by atoms with van der Waals surface area (Å²) in [6.07, 6.45) is 3.81. The molecule has 1 aromatic carbocycles. The Balaban J connectivity index is 1.81. The Morgan fingerprint density at radius 2 is 1.70 bits per heavy atom. The van der Waals surface area contributed by atoms with Gasteiger partial charge in [-0.1, -0.05) is 12.1 Å². The zero-order valence-electron chi connectivity index (χ0n) is 12.9. The van der Waals surface area contributed by atoms with Crippen molar-refractivity contribution < 1.29 is 13.3 Å². The molecule has 0 saturated carbocycles. The molecular weight excluding hydrogens is 318 g/mol. The van der Waals surface area contributed by atoms with E-state index in [4.69, 9.17) is 0 Å². The average Bonchev–Trinajstić information content (AvgIpc) is 2.56. The van der Waals surface area contributed by atoms with Crippen LogP contribution in [0.1, 0.15) is 25.7 Å². The van der Waals surface area contributed by atoms with E-state index < -0.39 is 14.9 Å². The van der Waals surface area contributed by atoms with E-state index in [-0.39, 0.29) is 16.0 Å². The summed E-state index contributed by atoms with van der Waals surface area (Å²) in [6.45, 7) is 2.84. The van der Waals surface area contributed by atoms with Gasteiger partial charge in [-0.2, -0.15) is 4.31 Å². The minimum absolute atomic E-state index is 0.203. The van der Waals surface area contributed by atoms with Crippen molar-refractivity contribution in [3.63, 3.8) is 0 Å². The van der Waals surface area contributed by atoms with Crippen LogP contribution < -0.4 is 5.32 Å². The molecule has 2 fully saturated rings. The third kappa shape index (κ3) is 3.11. The quantitative estimate of drug-likeness (QED) is 0.669. The number of nitrogens with one attached hydrogen (secondary N) is 1. The van der Waals surface area contributed by atoms with Crippen molar-refractivity contribution in [1.29, 1.82) is 0 Å². The van der Waals surface area contributed by atoms with E-state index >= 15 is 0 Å². The second-order valence-corrected chi connectivity index (χ2v) is 8.29. The van der Waals surface area contributed by atoms with E-state index in [0.29, 0.717) is 13.1 Å². The zero-order valence-corrected chi connectivity index (χ0v) is 13.7. The molecule has 0 amide bonds. The van der Waals surface area contributed by atoms with E-state index in [2.05, 4.69) is 5.32 Å². The van der Waals surface area contributed by atoms with E-state index in [9.17, 15) is 18.5 Å². The molecule has 1 N–H and O–H groups in total. The minimum Gasteiger partial charge on any atom is -0.317 e. The molecule has 0 radical (unpaired) electrons. The van der Waals surface area contributed by atoms with Crippen LogP contribution >= 0.6 is 0 Å². The maximum atomic E-state index is 12.8. The first kappa shape index (κ1) is 16.4. The largest absolute Gasteiger partial charge is 0.317 e. The molecule has 0 atom stereocenters. The number of nitro benzene ring substituents is 1. The molecule has 1 spiro atoms. The second kappa shape index (κ2) is 6.18. The molecule has 2 aliphatic rings. The summed E-state index contributed by atoms with van der Waals surface area (Å²) < 4.78 is 27.0. The molecular formula is C15H21N3O4S. The van der Waals surface area contributed by atoms with Gasteiger partial charge in [-0.3, -0.25) is 10.1 Å². The molecule has 0 bridgehead atoms. The Hall–Kier alpha value is -1.51. The van der Waals surface area contributed by atoms with Crippen LogP contribution in [0.2, 0.25) is 0 Å². The Labute approximate surface area is 135 Å². The molecule has 3 rings (SSSR count). The number of piperidine rings is 2. The Morgan fingerprint density at radius 3 is 2.30 bits per heavy atom. The summed E-state index contributed by atoms with van der Waals surface area (Å²) in [7, 11) is -3.82. The second-order valence-electron chi connectivity index (χ2n) is 6.38. The molecule has 2 aliphatic heterocycles. The highest BCUT2D eigenvalue weighted by Gasteiger charge is 2.40. The molecule has 2 heterocycles. The maximum absolute atomic E-state index is 12.8. The summed E-state index contributed by atoms with van der Waals surface area (Å²) in [5.41, 5.74) is -0.116. The van der Waals surface area contributed by atoms with Crippen LogP contribution in [0.5, 0.6) is 0 Å². The van der Waals surface area contributed by atoms with E-state index in [1.165, 1.54) is 28.6 Å². The number of benzene rings is 1. The SMILES string of the molecule is O=[N+]([O-])c1ccccc1S(=O)(=O)N1CCC2(CCNCC2)CC1. The van der Waals surface area contributed by atoms with Crippen molar-refractivity contribution in [3.8, 4) is 0 Å². The third-order valence-corrected chi connectivity index (χ3v) is 7.07. The van der Waals surface area contributed by atoms with Crippen molar-refractivity contribution in [2.75, 3.05) is 26.2 Å². The molecule has 23 heavy (non-hydrogen) atoms. The van der Waals surface area contributed by atoms with E-state index in [1.807, 2.05) is 0 Å². The Morgan fingerprint density at radius 1 is 1.09 bits per heavy atom. The van der Waals surface area contributed by atoms with Gasteiger partial charge in [0.05, 0.1) is 4.92 Å². The molecule has 2 saturated heterocycles. The number of para-hydroxylation sites is 1. The molecule has 0 aliphatic carbocycles. The van der Waals surface area contributed by atoms with Gasteiger partial charge < -0.3 is 5.32 Å². The Kier molecular flexibility index (Phi) is 4.39. The van der Waals surface area contributed by atoms with Gasteiger partial charge in [0.2, 0.25) is 10.0 Å². The van der Waals surface area contributed by atoms with E-state index in [0.717, 1.165) is 38.8 Å². The van der Waals surface area contributed by atoms with Crippen LogP contribution in [0.4, 0.5) is 5.69 Å². The molecule has 7 nitrogen and oxygen atoms in total. The van der Waals surface area contributed by atoms with Crippen molar-refractivity contribution >= 4 is 15.7 Å². The van der Waals surface area contributed by atoms with Crippen molar-refractivity contribution in [3.05, 3.63) is 34.4 Å². The maximum Gasteiger partial charge on any atom is 0.289 e. The number of nitro groups is 1. The summed E-state index contributed by atoms with van der Waals surface area (Å²) >= 11 is 0. The van der Waals surface area contributed by atoms with Crippen LogP contribution in [-0.4, -0.2) is 43.8 Å². The number of rotatable bonds is 3. The predicted molar refractivity (Wildman–Crippen MR) is 85.6 cm³/mol. The lowest BCUT2D eigenvalue weighted by Crippen LogP contribution is -2.47. The van der Waals surface area contributed by atoms with Gasteiger partial charge >= 0.3 is 0 Å². The fraction of sp³-hybridized carbons (Fsp3) is 0.600. The first-order chi connectivity index (χ1) is 10.9. The lowest BCUT2D eigenvalue weighted by molar-refractivity contribution is -0.387. The van der Waals surface area contributed by atoms with Gasteiger partial charge in [0.15, 0.2) is 4.90 Å². The van der Waals surface area contributed by atoms with Gasteiger partial charge in [-0.25, -0.2) is 8.42 Å². The molecule has 1 aromatic rings. The van der Waals surface area contributed by atoms with E-state index in [1.54, 1.807) is 0 Å². The minimum atomic E-state index is -3.82. The fourth-order valence-electron chi connectivity index (χ4n) is 3.62. The third-order valence-electron chi connectivity index (χ3n) is 5.13. The summed E-state index contributed by atoms with van der Waals surface area (Å²) in [5, 5.41) is 14.4. The van der Waals surface area contributed by atoms with Crippen molar-refractivity contribution in [2.45, 2.75) is 30.6 Å². The molecule has 8 heteroatoms. The van der Waals surface area contributed by atoms with Crippen molar-refractivity contribution in [2.24, 2.45) is 5.41 Å². The number of hydrogen-bond donors (Lipinski definition) is 1. The van der Waals surface area contributed by atoms with Crippen LogP contribution in [0, 0.1) is 15.5 Å². The van der Waals surface area contributed by atoms with Crippen molar-refractivity contribution in [1.82, 2.24) is 9.62 Å². The first-order valence-corrected chi connectivity index (χ1v) is 9.33. The van der Waals surface area contributed by atoms with Crippen LogP contribution in [0.25, 0.3) is 0 Å². The number of sulfonamides is 1. The van der Waals surface area contributed by atoms with Gasteiger partial charge in [-0.05, 0) is 50.3 Å². The van der Waals surface area contributed by atoms with Gasteiger partial charge in [0, 0.05) is 19.2 Å². The van der Waals surface area contributed by atoms with Crippen LogP contribution in [-0.2, 0) is 10.0 Å². The summed E-state index contributed by atoms with van der Waals surface area (Å²) in [4.78, 5) is 10.3. The van der Waals surface area contributed by atoms with Crippen LogP contribution in [0.15, 0.2) is 29.2 Å². The average molecular weight is 339 g/mol. The lowest BCUT2D eigenvalue weighted by atomic mass is 9.72. The summed E-state index contributed by atoms with van der Waals surface area (Å²) in [5.74, 6) is 0. The Bertz CT molecular complexity index is 688. The highest BCUT2D eigenvalue weighted by Crippen LogP contribution is 2.41. The molecule has 0 unspecified atom stereocenters. The standard InChI is InChI=1S/C15H21N3O4S/c19-18(20)13-3-1-2-4-14(13)23(21,22)17-11-7-15(8-12-17)5-9-16-10-6-15/h1-4,16H,5-12H2. The fourth-order valence-corrected chi connectivity index (χ4v) is 5.22. The predicted octanol–water partition coefficient (Wildman–Crippen LogP) is 1.75. The highest BCUT2D eigenvalue weighted by atomic mass is 32.2. The smallest absolute Gasteiger partial charge is 0.289 e. The van der Waals surface area contributed by atoms with Gasteiger partial charge in [-0.15, -0.1) is 0 Å². The topological polar surface area (TPSA) is 92.5 Å². The van der Waals surface area contributed by atoms with Crippen LogP contribution in [0.3, 0.4) is 0 Å². The first-order valence-electron chi connectivity index (χ1n) is 7.89. The highest BCUT2D eigenvalue weighted by molar-refractivity contribution is 7.89.